The van der Waals surface area contributed by atoms with E-state index in [9.17, 15) is 0 Å². The van der Waals surface area contributed by atoms with Gasteiger partial charge in [-0.2, -0.15) is 0 Å². The van der Waals surface area contributed by atoms with Gasteiger partial charge in [0.1, 0.15) is 5.75 Å². The van der Waals surface area contributed by atoms with Crippen LogP contribution in [0.2, 0.25) is 0 Å². The highest BCUT2D eigenvalue weighted by Crippen LogP contribution is 2.33. The van der Waals surface area contributed by atoms with Crippen molar-refractivity contribution >= 4 is 0 Å². The summed E-state index contributed by atoms with van der Waals surface area (Å²) in [6.45, 7) is 2.03. The lowest BCUT2D eigenvalue weighted by Crippen LogP contribution is -2.07. The minimum Gasteiger partial charge on any atom is -0.468 e. The van der Waals surface area contributed by atoms with Gasteiger partial charge in [0.2, 0.25) is 0 Å². The average Bonchev–Trinajstić information content (AvgIpc) is 2.18. The second kappa shape index (κ2) is 4.01. The Morgan fingerprint density at radius 1 is 1.50 bits per heavy atom. The monoisotopic (exact) mass is 192 g/mol. The molecule has 1 N–H and O–H groups in total. The molecule has 1 aromatic carbocycles. The predicted molar refractivity (Wildman–Crippen MR) is 55.5 cm³/mol. The molecule has 0 bridgehead atoms. The van der Waals surface area contributed by atoms with Gasteiger partial charge in [-0.05, 0) is 48.4 Å². The zero-order valence-corrected chi connectivity index (χ0v) is 8.49. The molecule has 2 rings (SSSR count). The first kappa shape index (κ1) is 9.53. The standard InChI is InChI=1S/C12H16O2/c1-9-3-2-4-10-7-11(14-8-13)5-6-12(9)10/h5-7,9,13H,2-4,8H2,1H3/t9-/m1/s1. The molecule has 0 fully saturated rings. The fraction of sp³-hybridized carbons (Fsp3) is 0.500. The van der Waals surface area contributed by atoms with Crippen LogP contribution in [0.4, 0.5) is 0 Å². The summed E-state index contributed by atoms with van der Waals surface area (Å²) in [4.78, 5) is 0. The van der Waals surface area contributed by atoms with Crippen molar-refractivity contribution in [2.24, 2.45) is 0 Å². The molecule has 1 aromatic rings. The molecule has 76 valence electrons. The van der Waals surface area contributed by atoms with Crippen molar-refractivity contribution in [3.8, 4) is 5.75 Å². The Kier molecular flexibility index (Phi) is 2.73. The summed E-state index contributed by atoms with van der Waals surface area (Å²) in [5.74, 6) is 1.45. The van der Waals surface area contributed by atoms with Gasteiger partial charge in [-0.15, -0.1) is 0 Å². The lowest BCUT2D eigenvalue weighted by atomic mass is 9.84. The van der Waals surface area contributed by atoms with Gasteiger partial charge in [-0.25, -0.2) is 0 Å². The Bertz CT molecular complexity index is 320. The first-order chi connectivity index (χ1) is 6.81. The topological polar surface area (TPSA) is 29.5 Å². The zero-order chi connectivity index (χ0) is 9.97. The molecule has 0 aliphatic heterocycles. The minimum absolute atomic E-state index is 0.242. The number of aryl methyl sites for hydroxylation is 1. The summed E-state index contributed by atoms with van der Waals surface area (Å²) >= 11 is 0. The van der Waals surface area contributed by atoms with Gasteiger partial charge in [0.05, 0.1) is 0 Å². The van der Waals surface area contributed by atoms with Crippen LogP contribution in [0.3, 0.4) is 0 Å². The average molecular weight is 192 g/mol. The highest BCUT2D eigenvalue weighted by molar-refractivity contribution is 5.38. The number of benzene rings is 1. The van der Waals surface area contributed by atoms with Crippen LogP contribution < -0.4 is 4.74 Å². The largest absolute Gasteiger partial charge is 0.468 e. The van der Waals surface area contributed by atoms with E-state index in [1.807, 2.05) is 6.07 Å². The van der Waals surface area contributed by atoms with Crippen LogP contribution in [0.25, 0.3) is 0 Å². The van der Waals surface area contributed by atoms with E-state index in [2.05, 4.69) is 19.1 Å². The molecule has 1 aliphatic rings. The number of hydrogen-bond acceptors (Lipinski definition) is 2. The summed E-state index contributed by atoms with van der Waals surface area (Å²) in [5.41, 5.74) is 2.83. The van der Waals surface area contributed by atoms with E-state index in [0.29, 0.717) is 5.92 Å². The van der Waals surface area contributed by atoms with Crippen LogP contribution in [0.5, 0.6) is 5.75 Å². The van der Waals surface area contributed by atoms with Gasteiger partial charge >= 0.3 is 0 Å². The molecular formula is C12H16O2. The third-order valence-electron chi connectivity index (χ3n) is 2.96. The lowest BCUT2D eigenvalue weighted by molar-refractivity contribution is 0.0984. The van der Waals surface area contributed by atoms with Crippen LogP contribution >= 0.6 is 0 Å². The third kappa shape index (κ3) is 1.75. The summed E-state index contributed by atoms with van der Waals surface area (Å²) in [5, 5.41) is 8.65. The molecule has 0 saturated heterocycles. The van der Waals surface area contributed by atoms with Crippen molar-refractivity contribution in [3.63, 3.8) is 0 Å². The highest BCUT2D eigenvalue weighted by atomic mass is 16.6. The maximum atomic E-state index is 8.65. The fourth-order valence-corrected chi connectivity index (χ4v) is 2.20. The normalized spacial score (nSPS) is 20.3. The first-order valence-corrected chi connectivity index (χ1v) is 5.17. The zero-order valence-electron chi connectivity index (χ0n) is 8.49. The number of aliphatic hydroxyl groups excluding tert-OH is 1. The maximum absolute atomic E-state index is 8.65. The van der Waals surface area contributed by atoms with Gasteiger partial charge in [0.15, 0.2) is 6.79 Å². The van der Waals surface area contributed by atoms with Crippen LogP contribution in [-0.2, 0) is 6.42 Å². The summed E-state index contributed by atoms with van der Waals surface area (Å²) in [6.07, 6.45) is 3.69. The lowest BCUT2D eigenvalue weighted by Gasteiger charge is -2.22. The molecule has 2 nitrogen and oxygen atoms in total. The molecule has 2 heteroatoms. The molecule has 0 radical (unpaired) electrons. The molecule has 0 heterocycles. The van der Waals surface area contributed by atoms with Crippen LogP contribution in [0.15, 0.2) is 18.2 Å². The van der Waals surface area contributed by atoms with E-state index >= 15 is 0 Å². The summed E-state index contributed by atoms with van der Waals surface area (Å²) < 4.78 is 5.06. The van der Waals surface area contributed by atoms with Crippen LogP contribution in [0.1, 0.15) is 36.8 Å². The number of rotatable bonds is 2. The van der Waals surface area contributed by atoms with E-state index in [-0.39, 0.29) is 6.79 Å². The van der Waals surface area contributed by atoms with Crippen molar-refractivity contribution in [2.45, 2.75) is 32.1 Å². The molecule has 0 aromatic heterocycles. The molecule has 14 heavy (non-hydrogen) atoms. The Balaban J connectivity index is 2.29. The van der Waals surface area contributed by atoms with E-state index < -0.39 is 0 Å². The SMILES string of the molecule is C[C@@H]1CCCc2cc(OCO)ccc21. The Hall–Kier alpha value is -1.02. The second-order valence-electron chi connectivity index (χ2n) is 3.93. The smallest absolute Gasteiger partial charge is 0.186 e. The third-order valence-corrected chi connectivity index (χ3v) is 2.96. The van der Waals surface area contributed by atoms with Gasteiger partial charge < -0.3 is 9.84 Å². The minimum atomic E-state index is -0.242. The second-order valence-corrected chi connectivity index (χ2v) is 3.93. The molecule has 1 aliphatic carbocycles. The Morgan fingerprint density at radius 3 is 3.14 bits per heavy atom. The van der Waals surface area contributed by atoms with Gasteiger partial charge in [0, 0.05) is 0 Å². The van der Waals surface area contributed by atoms with E-state index in [1.165, 1.54) is 24.0 Å². The quantitative estimate of drug-likeness (QED) is 0.729. The summed E-state index contributed by atoms with van der Waals surface area (Å²) in [6, 6.07) is 6.13. The Labute approximate surface area is 84.5 Å². The molecule has 1 atom stereocenters. The molecule has 0 saturated carbocycles. The van der Waals surface area contributed by atoms with Gasteiger partial charge in [0.25, 0.3) is 0 Å². The molecular weight excluding hydrogens is 176 g/mol. The van der Waals surface area contributed by atoms with Gasteiger partial charge in [-0.1, -0.05) is 13.0 Å². The molecule has 0 amide bonds. The summed E-state index contributed by atoms with van der Waals surface area (Å²) in [7, 11) is 0. The van der Waals surface area contributed by atoms with Crippen LogP contribution in [-0.4, -0.2) is 11.9 Å². The van der Waals surface area contributed by atoms with Crippen molar-refractivity contribution in [3.05, 3.63) is 29.3 Å². The fourth-order valence-electron chi connectivity index (χ4n) is 2.20. The molecule has 0 unspecified atom stereocenters. The van der Waals surface area contributed by atoms with Crippen molar-refractivity contribution < 1.29 is 9.84 Å². The predicted octanol–water partition coefficient (Wildman–Crippen LogP) is 2.46. The number of ether oxygens (including phenoxy) is 1. The van der Waals surface area contributed by atoms with E-state index in [0.717, 1.165) is 12.2 Å². The van der Waals surface area contributed by atoms with E-state index in [1.54, 1.807) is 0 Å². The van der Waals surface area contributed by atoms with Crippen molar-refractivity contribution in [1.82, 2.24) is 0 Å². The Morgan fingerprint density at radius 2 is 2.36 bits per heavy atom. The van der Waals surface area contributed by atoms with Crippen molar-refractivity contribution in [1.29, 1.82) is 0 Å². The van der Waals surface area contributed by atoms with Gasteiger partial charge in [-0.3, -0.25) is 0 Å². The molecule has 0 spiro atoms. The van der Waals surface area contributed by atoms with Crippen molar-refractivity contribution in [2.75, 3.05) is 6.79 Å². The number of aliphatic hydroxyl groups is 1. The maximum Gasteiger partial charge on any atom is 0.186 e. The first-order valence-electron chi connectivity index (χ1n) is 5.17. The number of hydrogen-bond donors (Lipinski definition) is 1. The van der Waals surface area contributed by atoms with Crippen LogP contribution in [0, 0.1) is 0 Å². The van der Waals surface area contributed by atoms with E-state index in [4.69, 9.17) is 9.84 Å². The highest BCUT2D eigenvalue weighted by Gasteiger charge is 2.16. The number of fused-ring (bicyclic) bond motifs is 1.